The highest BCUT2D eigenvalue weighted by Gasteiger charge is 2.32. The minimum Gasteiger partial charge on any atom is -0.376 e. The van der Waals surface area contributed by atoms with E-state index in [9.17, 15) is 19.2 Å². The van der Waals surface area contributed by atoms with Crippen LogP contribution in [-0.2, 0) is 28.8 Å². The Morgan fingerprint density at radius 2 is 1.78 bits per heavy atom. The lowest BCUT2D eigenvalue weighted by Gasteiger charge is -2.24. The highest BCUT2D eigenvalue weighted by Crippen LogP contribution is 2.14. The standard InChI is InChI=1S/C15H24N2O6/c1-4-22-15(2,3)9-10-16-11(18)5-8-14(21)23-17-12(19)6-7-13(17)20/h4-10H2,1-3H3,(H,16,18). The van der Waals surface area contributed by atoms with E-state index in [2.05, 4.69) is 10.2 Å². The minimum atomic E-state index is -0.779. The zero-order chi connectivity index (χ0) is 17.5. The molecular weight excluding hydrogens is 304 g/mol. The van der Waals surface area contributed by atoms with E-state index < -0.39 is 17.8 Å². The number of imide groups is 1. The van der Waals surface area contributed by atoms with Crippen molar-refractivity contribution in [2.45, 2.75) is 58.5 Å². The van der Waals surface area contributed by atoms with Crippen molar-refractivity contribution in [1.29, 1.82) is 0 Å². The average Bonchev–Trinajstić information content (AvgIpc) is 2.76. The van der Waals surface area contributed by atoms with Gasteiger partial charge in [0.25, 0.3) is 11.8 Å². The van der Waals surface area contributed by atoms with Gasteiger partial charge in [-0.25, -0.2) is 4.79 Å². The number of ether oxygens (including phenoxy) is 1. The van der Waals surface area contributed by atoms with Crippen molar-refractivity contribution in [3.05, 3.63) is 0 Å². The summed E-state index contributed by atoms with van der Waals surface area (Å²) < 4.78 is 5.51. The number of hydrogen-bond acceptors (Lipinski definition) is 6. The van der Waals surface area contributed by atoms with Gasteiger partial charge in [0.1, 0.15) is 0 Å². The largest absolute Gasteiger partial charge is 0.376 e. The number of carbonyl (C=O) groups excluding carboxylic acids is 4. The van der Waals surface area contributed by atoms with E-state index in [0.717, 1.165) is 0 Å². The fourth-order valence-electron chi connectivity index (χ4n) is 2.08. The average molecular weight is 328 g/mol. The zero-order valence-corrected chi connectivity index (χ0v) is 13.8. The number of carbonyl (C=O) groups is 4. The molecule has 0 unspecified atom stereocenters. The van der Waals surface area contributed by atoms with Crippen LogP contribution in [0.4, 0.5) is 0 Å². The second kappa shape index (κ2) is 8.61. The van der Waals surface area contributed by atoms with Crippen molar-refractivity contribution >= 4 is 23.7 Å². The van der Waals surface area contributed by atoms with E-state index in [1.54, 1.807) is 0 Å². The first kappa shape index (κ1) is 19.1. The van der Waals surface area contributed by atoms with Gasteiger partial charge in [-0.2, -0.15) is 0 Å². The highest BCUT2D eigenvalue weighted by atomic mass is 16.7. The lowest BCUT2D eigenvalue weighted by Crippen LogP contribution is -2.34. The third-order valence-corrected chi connectivity index (χ3v) is 3.34. The summed E-state index contributed by atoms with van der Waals surface area (Å²) >= 11 is 0. The summed E-state index contributed by atoms with van der Waals surface area (Å²) in [6.45, 7) is 6.81. The molecule has 23 heavy (non-hydrogen) atoms. The van der Waals surface area contributed by atoms with Crippen LogP contribution in [-0.4, -0.2) is 47.5 Å². The molecule has 1 N–H and O–H groups in total. The van der Waals surface area contributed by atoms with Crippen LogP contribution >= 0.6 is 0 Å². The fraction of sp³-hybridized carbons (Fsp3) is 0.733. The second-order valence-corrected chi connectivity index (χ2v) is 5.84. The van der Waals surface area contributed by atoms with Gasteiger partial charge in [-0.05, 0) is 27.2 Å². The molecule has 130 valence electrons. The molecule has 0 saturated carbocycles. The molecule has 0 aliphatic carbocycles. The van der Waals surface area contributed by atoms with E-state index in [4.69, 9.17) is 4.74 Å². The molecule has 0 bridgehead atoms. The summed E-state index contributed by atoms with van der Waals surface area (Å²) in [7, 11) is 0. The molecule has 1 fully saturated rings. The Balaban J connectivity index is 2.21. The number of nitrogens with one attached hydrogen (secondary N) is 1. The highest BCUT2D eigenvalue weighted by molar-refractivity contribution is 6.01. The van der Waals surface area contributed by atoms with Crippen LogP contribution in [0.2, 0.25) is 0 Å². The quantitative estimate of drug-likeness (QED) is 0.625. The van der Waals surface area contributed by atoms with Crippen LogP contribution in [0, 0.1) is 0 Å². The maximum atomic E-state index is 11.6. The Morgan fingerprint density at radius 3 is 2.35 bits per heavy atom. The Bertz CT molecular complexity index is 459. The summed E-state index contributed by atoms with van der Waals surface area (Å²) in [5.74, 6) is -2.15. The minimum absolute atomic E-state index is 0.0439. The molecule has 8 heteroatoms. The molecule has 1 aliphatic heterocycles. The van der Waals surface area contributed by atoms with Crippen molar-refractivity contribution in [2.24, 2.45) is 0 Å². The summed E-state index contributed by atoms with van der Waals surface area (Å²) in [6, 6.07) is 0. The molecule has 3 amide bonds. The van der Waals surface area contributed by atoms with E-state index in [1.165, 1.54) is 0 Å². The van der Waals surface area contributed by atoms with Gasteiger partial charge >= 0.3 is 5.97 Å². The van der Waals surface area contributed by atoms with E-state index in [0.29, 0.717) is 24.6 Å². The molecule has 1 rings (SSSR count). The molecule has 0 aromatic heterocycles. The first-order valence-corrected chi connectivity index (χ1v) is 7.72. The second-order valence-electron chi connectivity index (χ2n) is 5.84. The van der Waals surface area contributed by atoms with Gasteiger partial charge in [0.05, 0.1) is 12.0 Å². The molecular formula is C15H24N2O6. The third kappa shape index (κ3) is 6.77. The monoisotopic (exact) mass is 328 g/mol. The van der Waals surface area contributed by atoms with Crippen LogP contribution < -0.4 is 5.32 Å². The summed E-state index contributed by atoms with van der Waals surface area (Å²) in [4.78, 5) is 50.4. The van der Waals surface area contributed by atoms with Crippen molar-refractivity contribution in [1.82, 2.24) is 10.4 Å². The van der Waals surface area contributed by atoms with Crippen molar-refractivity contribution < 1.29 is 28.8 Å². The summed E-state index contributed by atoms with van der Waals surface area (Å²) in [5, 5.41) is 3.17. The molecule has 0 radical (unpaired) electrons. The number of nitrogens with zero attached hydrogens (tertiary/aromatic N) is 1. The molecule has 1 saturated heterocycles. The Hall–Kier alpha value is -1.96. The number of rotatable bonds is 9. The van der Waals surface area contributed by atoms with Gasteiger partial charge < -0.3 is 14.9 Å². The van der Waals surface area contributed by atoms with Crippen molar-refractivity contribution in [3.63, 3.8) is 0 Å². The van der Waals surface area contributed by atoms with E-state index in [-0.39, 0.29) is 37.2 Å². The van der Waals surface area contributed by atoms with Crippen molar-refractivity contribution in [3.8, 4) is 0 Å². The topological polar surface area (TPSA) is 102 Å². The predicted octanol–water partition coefficient (Wildman–Crippen LogP) is 0.695. The molecule has 0 spiro atoms. The molecule has 1 heterocycles. The van der Waals surface area contributed by atoms with Gasteiger partial charge in [0, 0.05) is 32.4 Å². The smallest absolute Gasteiger partial charge is 0.333 e. The van der Waals surface area contributed by atoms with Gasteiger partial charge in [0.2, 0.25) is 5.91 Å². The zero-order valence-electron chi connectivity index (χ0n) is 13.8. The van der Waals surface area contributed by atoms with E-state index >= 15 is 0 Å². The van der Waals surface area contributed by atoms with Crippen LogP contribution in [0.1, 0.15) is 52.9 Å². The van der Waals surface area contributed by atoms with Gasteiger partial charge in [0.15, 0.2) is 0 Å². The predicted molar refractivity (Wildman–Crippen MR) is 79.7 cm³/mol. The fourth-order valence-corrected chi connectivity index (χ4v) is 2.08. The first-order chi connectivity index (χ1) is 10.7. The first-order valence-electron chi connectivity index (χ1n) is 7.72. The van der Waals surface area contributed by atoms with Crippen LogP contribution in [0.3, 0.4) is 0 Å². The molecule has 8 nitrogen and oxygen atoms in total. The van der Waals surface area contributed by atoms with Gasteiger partial charge in [-0.1, -0.05) is 0 Å². The Morgan fingerprint density at radius 1 is 1.17 bits per heavy atom. The molecule has 0 aromatic carbocycles. The Kier molecular flexibility index (Phi) is 7.15. The Labute approximate surface area is 135 Å². The van der Waals surface area contributed by atoms with Crippen LogP contribution in [0.25, 0.3) is 0 Å². The summed E-state index contributed by atoms with van der Waals surface area (Å²) in [6.07, 6.45) is 0.472. The lowest BCUT2D eigenvalue weighted by atomic mass is 10.1. The molecule has 0 aromatic rings. The maximum Gasteiger partial charge on any atom is 0.333 e. The van der Waals surface area contributed by atoms with Gasteiger partial charge in [-0.3, -0.25) is 14.4 Å². The SMILES string of the molecule is CCOC(C)(C)CCNC(=O)CCC(=O)ON1C(=O)CCC1=O. The van der Waals surface area contributed by atoms with Gasteiger partial charge in [-0.15, -0.1) is 5.06 Å². The van der Waals surface area contributed by atoms with E-state index in [1.807, 2.05) is 20.8 Å². The van der Waals surface area contributed by atoms with Crippen LogP contribution in [0.15, 0.2) is 0 Å². The lowest BCUT2D eigenvalue weighted by molar-refractivity contribution is -0.197. The van der Waals surface area contributed by atoms with Crippen LogP contribution in [0.5, 0.6) is 0 Å². The normalized spacial score (nSPS) is 15.0. The maximum absolute atomic E-state index is 11.6. The number of amides is 3. The summed E-state index contributed by atoms with van der Waals surface area (Å²) in [5.41, 5.74) is -0.322. The third-order valence-electron chi connectivity index (χ3n) is 3.34. The number of hydrogen-bond donors (Lipinski definition) is 1. The van der Waals surface area contributed by atoms with Crippen molar-refractivity contribution in [2.75, 3.05) is 13.2 Å². The molecule has 1 aliphatic rings. The molecule has 0 atom stereocenters. The number of hydroxylamine groups is 2.